The highest BCUT2D eigenvalue weighted by Crippen LogP contribution is 2.30. The van der Waals surface area contributed by atoms with Gasteiger partial charge in [0.1, 0.15) is 12.1 Å². The quantitative estimate of drug-likeness (QED) is 0.777. The monoisotopic (exact) mass is 276 g/mol. The molecule has 2 aliphatic heterocycles. The van der Waals surface area contributed by atoms with Crippen LogP contribution in [0.3, 0.4) is 0 Å². The Kier molecular flexibility index (Phi) is 3.42. The standard InChI is InChI=1S/C15H24N4O/c1-11-7-19(9-15(2,3)20-11)14-12-8-18(4)6-5-13(12)16-10-17-14/h10-11H,5-9H2,1-4H3/t11-/m0/s1. The number of anilines is 1. The van der Waals surface area contributed by atoms with Crippen molar-refractivity contribution in [2.75, 3.05) is 31.6 Å². The van der Waals surface area contributed by atoms with Crippen LogP contribution in [-0.2, 0) is 17.7 Å². The molecule has 0 spiro atoms. The van der Waals surface area contributed by atoms with E-state index in [1.807, 2.05) is 0 Å². The third-order valence-corrected chi connectivity index (χ3v) is 4.04. The van der Waals surface area contributed by atoms with Crippen LogP contribution in [0.15, 0.2) is 6.33 Å². The second-order valence-electron chi connectivity index (χ2n) is 6.68. The predicted molar refractivity (Wildman–Crippen MR) is 78.9 cm³/mol. The molecule has 1 aromatic heterocycles. The van der Waals surface area contributed by atoms with Crippen molar-refractivity contribution in [1.82, 2.24) is 14.9 Å². The maximum absolute atomic E-state index is 6.00. The van der Waals surface area contributed by atoms with Crippen molar-refractivity contribution in [1.29, 1.82) is 0 Å². The summed E-state index contributed by atoms with van der Waals surface area (Å²) in [6.07, 6.45) is 2.96. The third-order valence-electron chi connectivity index (χ3n) is 4.04. The highest BCUT2D eigenvalue weighted by atomic mass is 16.5. The highest BCUT2D eigenvalue weighted by Gasteiger charge is 2.33. The van der Waals surface area contributed by atoms with Crippen molar-refractivity contribution in [3.63, 3.8) is 0 Å². The summed E-state index contributed by atoms with van der Waals surface area (Å²) in [5.74, 6) is 1.10. The molecule has 0 amide bonds. The van der Waals surface area contributed by atoms with E-state index in [9.17, 15) is 0 Å². The highest BCUT2D eigenvalue weighted by molar-refractivity contribution is 5.50. The molecule has 0 saturated carbocycles. The van der Waals surface area contributed by atoms with Crippen molar-refractivity contribution in [3.05, 3.63) is 17.6 Å². The summed E-state index contributed by atoms with van der Waals surface area (Å²) >= 11 is 0. The van der Waals surface area contributed by atoms with E-state index in [-0.39, 0.29) is 11.7 Å². The SMILES string of the molecule is C[C@H]1CN(c2ncnc3c2CN(C)CC3)CC(C)(C)O1. The van der Waals surface area contributed by atoms with Crippen LogP contribution in [0.5, 0.6) is 0 Å². The van der Waals surface area contributed by atoms with Gasteiger partial charge in [-0.1, -0.05) is 0 Å². The normalized spacial score (nSPS) is 26.4. The molecule has 1 aromatic rings. The zero-order chi connectivity index (χ0) is 14.3. The van der Waals surface area contributed by atoms with Gasteiger partial charge >= 0.3 is 0 Å². The van der Waals surface area contributed by atoms with Crippen LogP contribution in [0.4, 0.5) is 5.82 Å². The molecule has 1 saturated heterocycles. The number of hydrogen-bond donors (Lipinski definition) is 0. The van der Waals surface area contributed by atoms with E-state index in [0.29, 0.717) is 0 Å². The van der Waals surface area contributed by atoms with Crippen LogP contribution in [-0.4, -0.2) is 53.3 Å². The van der Waals surface area contributed by atoms with E-state index in [4.69, 9.17) is 4.74 Å². The van der Waals surface area contributed by atoms with Gasteiger partial charge in [-0.15, -0.1) is 0 Å². The molecular formula is C15H24N4O. The van der Waals surface area contributed by atoms with Crippen LogP contribution in [0.25, 0.3) is 0 Å². The minimum Gasteiger partial charge on any atom is -0.369 e. The Bertz CT molecular complexity index is 503. The minimum atomic E-state index is -0.129. The van der Waals surface area contributed by atoms with E-state index in [2.05, 4.69) is 47.6 Å². The summed E-state index contributed by atoms with van der Waals surface area (Å²) in [5.41, 5.74) is 2.38. The van der Waals surface area contributed by atoms with Gasteiger partial charge in [0.15, 0.2) is 0 Å². The molecule has 110 valence electrons. The third kappa shape index (κ3) is 2.65. The van der Waals surface area contributed by atoms with Crippen molar-refractivity contribution in [2.24, 2.45) is 0 Å². The predicted octanol–water partition coefficient (Wildman–Crippen LogP) is 1.47. The fraction of sp³-hybridized carbons (Fsp3) is 0.733. The summed E-state index contributed by atoms with van der Waals surface area (Å²) in [5, 5.41) is 0. The van der Waals surface area contributed by atoms with E-state index in [1.54, 1.807) is 6.33 Å². The van der Waals surface area contributed by atoms with Gasteiger partial charge in [-0.2, -0.15) is 0 Å². The Labute approximate surface area is 121 Å². The molecule has 0 radical (unpaired) electrons. The second-order valence-corrected chi connectivity index (χ2v) is 6.68. The van der Waals surface area contributed by atoms with Gasteiger partial charge in [0.25, 0.3) is 0 Å². The Morgan fingerprint density at radius 3 is 2.90 bits per heavy atom. The molecule has 0 aromatic carbocycles. The second kappa shape index (κ2) is 4.97. The van der Waals surface area contributed by atoms with Gasteiger partial charge in [-0.3, -0.25) is 0 Å². The number of rotatable bonds is 1. The lowest BCUT2D eigenvalue weighted by atomic mass is 10.0. The Morgan fingerprint density at radius 1 is 1.35 bits per heavy atom. The summed E-state index contributed by atoms with van der Waals surface area (Å²) < 4.78 is 6.00. The number of nitrogens with zero attached hydrogens (tertiary/aromatic N) is 4. The Morgan fingerprint density at radius 2 is 2.15 bits per heavy atom. The van der Waals surface area contributed by atoms with Crippen molar-refractivity contribution < 1.29 is 4.74 Å². The molecular weight excluding hydrogens is 252 g/mol. The first kappa shape index (κ1) is 13.8. The number of morpholine rings is 1. The molecule has 0 bridgehead atoms. The van der Waals surface area contributed by atoms with Crippen molar-refractivity contribution in [3.8, 4) is 0 Å². The first-order valence-electron chi connectivity index (χ1n) is 7.39. The average Bonchev–Trinajstić information content (AvgIpc) is 2.35. The summed E-state index contributed by atoms with van der Waals surface area (Å²) in [6.45, 7) is 10.2. The van der Waals surface area contributed by atoms with Crippen molar-refractivity contribution in [2.45, 2.75) is 45.4 Å². The fourth-order valence-corrected chi connectivity index (χ4v) is 3.35. The molecule has 5 nitrogen and oxygen atoms in total. The molecule has 0 aliphatic carbocycles. The van der Waals surface area contributed by atoms with Crippen LogP contribution in [0.2, 0.25) is 0 Å². The summed E-state index contributed by atoms with van der Waals surface area (Å²) in [7, 11) is 2.16. The molecule has 5 heteroatoms. The number of aromatic nitrogens is 2. The smallest absolute Gasteiger partial charge is 0.136 e. The van der Waals surface area contributed by atoms with Gasteiger partial charge in [0, 0.05) is 38.2 Å². The molecule has 2 aliphatic rings. The van der Waals surface area contributed by atoms with Crippen LogP contribution < -0.4 is 4.90 Å². The topological polar surface area (TPSA) is 41.5 Å². The van der Waals surface area contributed by atoms with Crippen LogP contribution in [0, 0.1) is 0 Å². The Hall–Kier alpha value is -1.20. The Balaban J connectivity index is 1.94. The lowest BCUT2D eigenvalue weighted by Gasteiger charge is -2.43. The summed E-state index contributed by atoms with van der Waals surface area (Å²) in [4.78, 5) is 13.8. The molecule has 0 N–H and O–H groups in total. The van der Waals surface area contributed by atoms with Gasteiger partial charge < -0.3 is 14.5 Å². The largest absolute Gasteiger partial charge is 0.369 e. The van der Waals surface area contributed by atoms with E-state index < -0.39 is 0 Å². The molecule has 1 fully saturated rings. The first-order chi connectivity index (χ1) is 9.44. The lowest BCUT2D eigenvalue weighted by molar-refractivity contribution is -0.0752. The number of fused-ring (bicyclic) bond motifs is 1. The molecule has 3 rings (SSSR count). The molecule has 0 unspecified atom stereocenters. The van der Waals surface area contributed by atoms with Gasteiger partial charge in [-0.25, -0.2) is 9.97 Å². The van der Waals surface area contributed by atoms with Crippen molar-refractivity contribution >= 4 is 5.82 Å². The van der Waals surface area contributed by atoms with E-state index in [0.717, 1.165) is 38.4 Å². The zero-order valence-corrected chi connectivity index (χ0v) is 12.9. The lowest BCUT2D eigenvalue weighted by Crippen LogP contribution is -2.52. The van der Waals surface area contributed by atoms with Gasteiger partial charge in [0.2, 0.25) is 0 Å². The first-order valence-corrected chi connectivity index (χ1v) is 7.39. The van der Waals surface area contributed by atoms with E-state index >= 15 is 0 Å². The van der Waals surface area contributed by atoms with E-state index in [1.165, 1.54) is 11.3 Å². The summed E-state index contributed by atoms with van der Waals surface area (Å²) in [6, 6.07) is 0. The van der Waals surface area contributed by atoms with Gasteiger partial charge in [-0.05, 0) is 27.8 Å². The maximum Gasteiger partial charge on any atom is 0.136 e. The maximum atomic E-state index is 6.00. The number of hydrogen-bond acceptors (Lipinski definition) is 5. The van der Waals surface area contributed by atoms with Crippen LogP contribution in [0.1, 0.15) is 32.0 Å². The molecule has 20 heavy (non-hydrogen) atoms. The zero-order valence-electron chi connectivity index (χ0n) is 12.9. The van der Waals surface area contributed by atoms with Gasteiger partial charge in [0.05, 0.1) is 17.4 Å². The van der Waals surface area contributed by atoms with Crippen LogP contribution >= 0.6 is 0 Å². The average molecular weight is 276 g/mol. The minimum absolute atomic E-state index is 0.129. The fourth-order valence-electron chi connectivity index (χ4n) is 3.35. The number of ether oxygens (including phenoxy) is 1. The molecule has 1 atom stereocenters. The number of likely N-dealkylation sites (N-methyl/N-ethyl adjacent to an activating group) is 1. The molecule has 3 heterocycles.